The van der Waals surface area contributed by atoms with E-state index in [1.165, 1.54) is 6.07 Å². The smallest absolute Gasteiger partial charge is 0.146 e. The van der Waals surface area contributed by atoms with E-state index in [2.05, 4.69) is 5.32 Å². The molecular formula is C12H17ClFNO. The summed E-state index contributed by atoms with van der Waals surface area (Å²) in [6.45, 7) is 3.84. The fourth-order valence-electron chi connectivity index (χ4n) is 1.61. The van der Waals surface area contributed by atoms with E-state index in [1.54, 1.807) is 12.1 Å². The zero-order chi connectivity index (χ0) is 12.1. The summed E-state index contributed by atoms with van der Waals surface area (Å²) in [7, 11) is 0. The number of hydrogen-bond donors (Lipinski definition) is 2. The van der Waals surface area contributed by atoms with E-state index in [-0.39, 0.29) is 29.5 Å². The average molecular weight is 246 g/mol. The number of aliphatic hydroxyl groups is 1. The topological polar surface area (TPSA) is 32.3 Å². The molecule has 0 heterocycles. The average Bonchev–Trinajstić information content (AvgIpc) is 2.29. The SMILES string of the molecule is CC[C@H](N[C@H](C)CO)c1cccc(Cl)c1F. The van der Waals surface area contributed by atoms with Crippen LogP contribution in [0.15, 0.2) is 18.2 Å². The fraction of sp³-hybridized carbons (Fsp3) is 0.500. The van der Waals surface area contributed by atoms with Gasteiger partial charge >= 0.3 is 0 Å². The van der Waals surface area contributed by atoms with Crippen LogP contribution in [0.1, 0.15) is 31.9 Å². The molecule has 90 valence electrons. The maximum Gasteiger partial charge on any atom is 0.146 e. The van der Waals surface area contributed by atoms with Gasteiger partial charge in [-0.2, -0.15) is 0 Å². The lowest BCUT2D eigenvalue weighted by Gasteiger charge is -2.22. The molecule has 16 heavy (non-hydrogen) atoms. The number of aliphatic hydroxyl groups excluding tert-OH is 1. The van der Waals surface area contributed by atoms with Crippen LogP contribution in [0, 0.1) is 5.82 Å². The van der Waals surface area contributed by atoms with E-state index < -0.39 is 0 Å². The Balaban J connectivity index is 2.90. The van der Waals surface area contributed by atoms with E-state index >= 15 is 0 Å². The van der Waals surface area contributed by atoms with E-state index in [9.17, 15) is 4.39 Å². The first kappa shape index (κ1) is 13.4. The van der Waals surface area contributed by atoms with E-state index in [1.807, 2.05) is 13.8 Å². The molecule has 0 spiro atoms. The lowest BCUT2D eigenvalue weighted by molar-refractivity contribution is 0.238. The van der Waals surface area contributed by atoms with Crippen LogP contribution in [0.5, 0.6) is 0 Å². The van der Waals surface area contributed by atoms with Gasteiger partial charge in [-0.05, 0) is 19.4 Å². The van der Waals surface area contributed by atoms with Gasteiger partial charge in [-0.1, -0.05) is 30.7 Å². The fourth-order valence-corrected chi connectivity index (χ4v) is 1.80. The summed E-state index contributed by atoms with van der Waals surface area (Å²) in [5, 5.41) is 12.3. The Kier molecular flexibility index (Phi) is 5.19. The molecule has 0 saturated heterocycles. The molecule has 0 aliphatic carbocycles. The van der Waals surface area contributed by atoms with Crippen LogP contribution in [0.25, 0.3) is 0 Å². The highest BCUT2D eigenvalue weighted by Gasteiger charge is 2.17. The molecule has 4 heteroatoms. The Bertz CT molecular complexity index is 346. The highest BCUT2D eigenvalue weighted by Crippen LogP contribution is 2.25. The van der Waals surface area contributed by atoms with Crippen LogP contribution in [0.2, 0.25) is 5.02 Å². The van der Waals surface area contributed by atoms with Crippen molar-refractivity contribution in [2.45, 2.75) is 32.4 Å². The summed E-state index contributed by atoms with van der Waals surface area (Å²) in [6.07, 6.45) is 0.738. The van der Waals surface area contributed by atoms with Crippen LogP contribution >= 0.6 is 11.6 Å². The number of nitrogens with one attached hydrogen (secondary N) is 1. The highest BCUT2D eigenvalue weighted by atomic mass is 35.5. The first-order valence-corrected chi connectivity index (χ1v) is 5.78. The van der Waals surface area contributed by atoms with Crippen molar-refractivity contribution in [2.75, 3.05) is 6.61 Å². The molecule has 0 saturated carbocycles. The van der Waals surface area contributed by atoms with Gasteiger partial charge in [-0.3, -0.25) is 0 Å². The summed E-state index contributed by atoms with van der Waals surface area (Å²) in [5.41, 5.74) is 0.551. The standard InChI is InChI=1S/C12H17ClFNO/c1-3-11(15-8(2)7-16)9-5-4-6-10(13)12(9)14/h4-6,8,11,15-16H,3,7H2,1-2H3/t8-,11+/m1/s1. The third-order valence-corrected chi connectivity index (χ3v) is 2.82. The molecule has 0 aromatic heterocycles. The van der Waals surface area contributed by atoms with Gasteiger partial charge in [0.25, 0.3) is 0 Å². The van der Waals surface area contributed by atoms with E-state index in [4.69, 9.17) is 16.7 Å². The predicted molar refractivity (Wildman–Crippen MR) is 64.1 cm³/mol. The van der Waals surface area contributed by atoms with Crippen molar-refractivity contribution in [2.24, 2.45) is 0 Å². The third kappa shape index (κ3) is 3.17. The van der Waals surface area contributed by atoms with Gasteiger partial charge in [-0.25, -0.2) is 4.39 Å². The first-order chi connectivity index (χ1) is 7.60. The Hall–Kier alpha value is -0.640. The van der Waals surface area contributed by atoms with Gasteiger partial charge in [0.05, 0.1) is 11.6 Å². The second-order valence-corrected chi connectivity index (χ2v) is 4.26. The quantitative estimate of drug-likeness (QED) is 0.836. The Morgan fingerprint density at radius 1 is 1.50 bits per heavy atom. The zero-order valence-corrected chi connectivity index (χ0v) is 10.3. The van der Waals surface area contributed by atoms with Crippen molar-refractivity contribution in [1.29, 1.82) is 0 Å². The highest BCUT2D eigenvalue weighted by molar-refractivity contribution is 6.30. The lowest BCUT2D eigenvalue weighted by atomic mass is 10.0. The van der Waals surface area contributed by atoms with Crippen molar-refractivity contribution in [3.63, 3.8) is 0 Å². The van der Waals surface area contributed by atoms with Crippen molar-refractivity contribution >= 4 is 11.6 Å². The second-order valence-electron chi connectivity index (χ2n) is 3.85. The van der Waals surface area contributed by atoms with Gasteiger partial charge < -0.3 is 10.4 Å². The molecule has 2 N–H and O–H groups in total. The first-order valence-electron chi connectivity index (χ1n) is 5.41. The molecule has 0 radical (unpaired) electrons. The number of rotatable bonds is 5. The summed E-state index contributed by atoms with van der Waals surface area (Å²) >= 11 is 5.73. The molecule has 1 aromatic carbocycles. The largest absolute Gasteiger partial charge is 0.395 e. The molecule has 2 atom stereocenters. The van der Waals surface area contributed by atoms with E-state index in [0.717, 1.165) is 6.42 Å². The van der Waals surface area contributed by atoms with Crippen LogP contribution in [0.3, 0.4) is 0 Å². The van der Waals surface area contributed by atoms with Gasteiger partial charge in [0.1, 0.15) is 5.82 Å². The Labute approximate surface area is 100 Å². The minimum absolute atomic E-state index is 0.0265. The molecule has 0 aliphatic heterocycles. The maximum absolute atomic E-state index is 13.8. The van der Waals surface area contributed by atoms with Crippen molar-refractivity contribution in [3.8, 4) is 0 Å². The Morgan fingerprint density at radius 3 is 2.75 bits per heavy atom. The van der Waals surface area contributed by atoms with Crippen molar-refractivity contribution < 1.29 is 9.50 Å². The molecule has 0 bridgehead atoms. The summed E-state index contributed by atoms with van der Waals surface area (Å²) in [5.74, 6) is -0.381. The van der Waals surface area contributed by atoms with Crippen LogP contribution in [-0.2, 0) is 0 Å². The number of benzene rings is 1. The molecular weight excluding hydrogens is 229 g/mol. The predicted octanol–water partition coefficient (Wildman–Crippen LogP) is 2.90. The van der Waals surface area contributed by atoms with Crippen molar-refractivity contribution in [3.05, 3.63) is 34.6 Å². The van der Waals surface area contributed by atoms with Crippen LogP contribution in [-0.4, -0.2) is 17.8 Å². The van der Waals surface area contributed by atoms with Crippen LogP contribution < -0.4 is 5.32 Å². The summed E-state index contributed by atoms with van der Waals surface area (Å²) in [6, 6.07) is 4.79. The van der Waals surface area contributed by atoms with Gasteiger partial charge in [0.15, 0.2) is 0 Å². The molecule has 2 nitrogen and oxygen atoms in total. The minimum Gasteiger partial charge on any atom is -0.395 e. The Morgan fingerprint density at radius 2 is 2.19 bits per heavy atom. The molecule has 0 unspecified atom stereocenters. The van der Waals surface area contributed by atoms with Crippen LogP contribution in [0.4, 0.5) is 4.39 Å². The van der Waals surface area contributed by atoms with Gasteiger partial charge in [-0.15, -0.1) is 0 Å². The molecule has 1 rings (SSSR count). The normalized spacial score (nSPS) is 14.8. The zero-order valence-electron chi connectivity index (χ0n) is 9.50. The second kappa shape index (κ2) is 6.18. The number of hydrogen-bond acceptors (Lipinski definition) is 2. The maximum atomic E-state index is 13.8. The molecule has 0 aliphatic rings. The lowest BCUT2D eigenvalue weighted by Crippen LogP contribution is -2.33. The molecule has 1 aromatic rings. The van der Waals surface area contributed by atoms with Crippen molar-refractivity contribution in [1.82, 2.24) is 5.32 Å². The van der Waals surface area contributed by atoms with Gasteiger partial charge in [0, 0.05) is 17.6 Å². The number of halogens is 2. The monoisotopic (exact) mass is 245 g/mol. The van der Waals surface area contributed by atoms with Gasteiger partial charge in [0.2, 0.25) is 0 Å². The van der Waals surface area contributed by atoms with E-state index in [0.29, 0.717) is 5.56 Å². The summed E-state index contributed by atoms with van der Waals surface area (Å²) < 4.78 is 13.8. The third-order valence-electron chi connectivity index (χ3n) is 2.52. The molecule has 0 amide bonds. The minimum atomic E-state index is -0.381. The molecule has 0 fully saturated rings. The summed E-state index contributed by atoms with van der Waals surface area (Å²) in [4.78, 5) is 0.